The van der Waals surface area contributed by atoms with Crippen molar-refractivity contribution in [3.63, 3.8) is 0 Å². The lowest BCUT2D eigenvalue weighted by molar-refractivity contribution is 0.0734. The number of aryl methyl sites for hydroxylation is 1. The Balaban J connectivity index is 1.53. The molecule has 4 rings (SSSR count). The number of rotatable bonds is 6. The van der Waals surface area contributed by atoms with Crippen LogP contribution < -0.4 is 15.9 Å². The van der Waals surface area contributed by atoms with Crippen LogP contribution in [-0.2, 0) is 0 Å². The molecule has 4 aromatic rings. The quantitative estimate of drug-likeness (QED) is 0.171. The van der Waals surface area contributed by atoms with Crippen LogP contribution in [0.5, 0.6) is 5.75 Å². The highest BCUT2D eigenvalue weighted by molar-refractivity contribution is 9.10. The maximum Gasteiger partial charge on any atom is 0.343 e. The number of carbonyl (C=O) groups excluding carboxylic acids is 2. The van der Waals surface area contributed by atoms with E-state index in [1.54, 1.807) is 55.5 Å². The molecule has 0 atom stereocenters. The Kier molecular flexibility index (Phi) is 6.22. The molecule has 0 aliphatic rings. The smallest absolute Gasteiger partial charge is 0.343 e. The third-order valence-corrected chi connectivity index (χ3v) is 4.80. The number of nitrogen functional groups attached to an aromatic ring is 1. The van der Waals surface area contributed by atoms with Gasteiger partial charge in [-0.1, -0.05) is 39.3 Å². The van der Waals surface area contributed by atoms with Gasteiger partial charge in [-0.25, -0.2) is 14.8 Å². The molecule has 0 aliphatic carbocycles. The van der Waals surface area contributed by atoms with Gasteiger partial charge in [0.2, 0.25) is 11.6 Å². The van der Waals surface area contributed by atoms with E-state index in [4.69, 9.17) is 10.5 Å². The molecule has 13 heteroatoms. The van der Waals surface area contributed by atoms with E-state index in [9.17, 15) is 9.59 Å². The van der Waals surface area contributed by atoms with Crippen LogP contribution in [0.4, 0.5) is 5.82 Å². The van der Waals surface area contributed by atoms with Crippen molar-refractivity contribution in [3.05, 3.63) is 75.5 Å². The Morgan fingerprint density at radius 1 is 1.21 bits per heavy atom. The van der Waals surface area contributed by atoms with Gasteiger partial charge in [0.25, 0.3) is 5.91 Å². The van der Waals surface area contributed by atoms with Crippen LogP contribution in [-0.4, -0.2) is 43.4 Å². The molecule has 3 N–H and O–H groups in total. The predicted molar refractivity (Wildman–Crippen MR) is 119 cm³/mol. The highest BCUT2D eigenvalue weighted by Gasteiger charge is 2.22. The summed E-state index contributed by atoms with van der Waals surface area (Å²) < 4.78 is 11.8. The van der Waals surface area contributed by atoms with E-state index in [1.807, 2.05) is 0 Å². The Bertz CT molecular complexity index is 1350. The summed E-state index contributed by atoms with van der Waals surface area (Å²) >= 11 is 3.35. The summed E-state index contributed by atoms with van der Waals surface area (Å²) in [4.78, 5) is 25.1. The number of carbonyl (C=O) groups is 2. The summed E-state index contributed by atoms with van der Waals surface area (Å²) in [5.41, 5.74) is 9.26. The van der Waals surface area contributed by atoms with Crippen molar-refractivity contribution in [1.82, 2.24) is 30.7 Å². The standard InChI is InChI=1S/C20H15BrN8O4/c1-11-16(29(28-24-11)18-17(22)26-33-27-18)19(30)25-23-10-13-7-8-14(21)9-15(13)32-20(31)12-5-3-2-4-6-12/h2-10H,1H3,(H2,22,26)(H,25,30). The van der Waals surface area contributed by atoms with Crippen molar-refractivity contribution < 1.29 is 19.0 Å². The van der Waals surface area contributed by atoms with Gasteiger partial charge >= 0.3 is 5.97 Å². The second-order valence-electron chi connectivity index (χ2n) is 6.55. The largest absolute Gasteiger partial charge is 0.422 e. The van der Waals surface area contributed by atoms with Gasteiger partial charge in [0.1, 0.15) is 5.75 Å². The molecule has 0 fully saturated rings. The van der Waals surface area contributed by atoms with Gasteiger partial charge < -0.3 is 10.5 Å². The van der Waals surface area contributed by atoms with Gasteiger partial charge in [0.15, 0.2) is 5.69 Å². The number of nitrogens with one attached hydrogen (secondary N) is 1. The lowest BCUT2D eigenvalue weighted by Gasteiger charge is -2.08. The van der Waals surface area contributed by atoms with Crippen molar-refractivity contribution >= 4 is 39.8 Å². The molecule has 12 nitrogen and oxygen atoms in total. The monoisotopic (exact) mass is 510 g/mol. The minimum Gasteiger partial charge on any atom is -0.422 e. The van der Waals surface area contributed by atoms with Crippen molar-refractivity contribution in [2.24, 2.45) is 5.10 Å². The normalized spacial score (nSPS) is 11.0. The van der Waals surface area contributed by atoms with Gasteiger partial charge in [-0.3, -0.25) is 4.79 Å². The van der Waals surface area contributed by atoms with Gasteiger partial charge in [-0.05, 0) is 47.6 Å². The summed E-state index contributed by atoms with van der Waals surface area (Å²) in [5, 5.41) is 18.7. The van der Waals surface area contributed by atoms with Gasteiger partial charge in [-0.2, -0.15) is 9.78 Å². The first-order valence-electron chi connectivity index (χ1n) is 9.35. The number of nitrogens with zero attached hydrogens (tertiary/aromatic N) is 6. The number of hydrogen-bond donors (Lipinski definition) is 2. The molecule has 0 bridgehead atoms. The maximum absolute atomic E-state index is 12.7. The number of hydrogen-bond acceptors (Lipinski definition) is 10. The van der Waals surface area contributed by atoms with Gasteiger partial charge in [0.05, 0.1) is 17.5 Å². The number of anilines is 1. The fraction of sp³-hybridized carbons (Fsp3) is 0.0500. The van der Waals surface area contributed by atoms with Gasteiger partial charge in [-0.15, -0.1) is 5.10 Å². The van der Waals surface area contributed by atoms with Crippen LogP contribution >= 0.6 is 15.9 Å². The first-order chi connectivity index (χ1) is 15.9. The van der Waals surface area contributed by atoms with Crippen molar-refractivity contribution in [2.75, 3.05) is 5.73 Å². The zero-order chi connectivity index (χ0) is 23.4. The fourth-order valence-electron chi connectivity index (χ4n) is 2.75. The first kappa shape index (κ1) is 21.8. The van der Waals surface area contributed by atoms with E-state index in [0.29, 0.717) is 21.3 Å². The number of amides is 1. The molecular formula is C20H15BrN8O4. The molecule has 166 valence electrons. The first-order valence-corrected chi connectivity index (χ1v) is 10.1. The number of hydrazone groups is 1. The van der Waals surface area contributed by atoms with Crippen LogP contribution in [0.15, 0.2) is 62.7 Å². The average Bonchev–Trinajstić information content (AvgIpc) is 3.40. The van der Waals surface area contributed by atoms with E-state index in [1.165, 1.54) is 6.21 Å². The predicted octanol–water partition coefficient (Wildman–Crippen LogP) is 2.29. The highest BCUT2D eigenvalue weighted by Crippen LogP contribution is 2.23. The Morgan fingerprint density at radius 3 is 2.73 bits per heavy atom. The van der Waals surface area contributed by atoms with E-state index in [0.717, 1.165) is 4.68 Å². The second-order valence-corrected chi connectivity index (χ2v) is 7.46. The minimum absolute atomic E-state index is 0.0211. The Labute approximate surface area is 194 Å². The molecule has 33 heavy (non-hydrogen) atoms. The second kappa shape index (κ2) is 9.40. The molecule has 0 saturated carbocycles. The number of benzene rings is 2. The molecule has 2 aromatic carbocycles. The lowest BCUT2D eigenvalue weighted by atomic mass is 10.2. The summed E-state index contributed by atoms with van der Waals surface area (Å²) in [6.45, 7) is 1.59. The number of nitrogens with two attached hydrogens (primary N) is 1. The number of aromatic nitrogens is 5. The summed E-state index contributed by atoms with van der Waals surface area (Å²) in [5.74, 6) is -0.946. The molecule has 0 spiro atoms. The van der Waals surface area contributed by atoms with E-state index >= 15 is 0 Å². The molecule has 0 radical (unpaired) electrons. The van der Waals surface area contributed by atoms with Crippen molar-refractivity contribution in [3.8, 4) is 11.6 Å². The summed E-state index contributed by atoms with van der Waals surface area (Å²) in [6.07, 6.45) is 1.34. The highest BCUT2D eigenvalue weighted by atomic mass is 79.9. The lowest BCUT2D eigenvalue weighted by Crippen LogP contribution is -2.23. The van der Waals surface area contributed by atoms with E-state index in [-0.39, 0.29) is 23.1 Å². The summed E-state index contributed by atoms with van der Waals surface area (Å²) in [7, 11) is 0. The Hall–Kier alpha value is -4.39. The molecule has 2 heterocycles. The van der Waals surface area contributed by atoms with Crippen LogP contribution in [0.3, 0.4) is 0 Å². The number of halogens is 1. The molecule has 2 aromatic heterocycles. The number of ether oxygens (including phenoxy) is 1. The molecule has 1 amide bonds. The molecule has 0 aliphatic heterocycles. The van der Waals surface area contributed by atoms with E-state index < -0.39 is 11.9 Å². The van der Waals surface area contributed by atoms with Crippen molar-refractivity contribution in [2.45, 2.75) is 6.92 Å². The van der Waals surface area contributed by atoms with Crippen LogP contribution in [0.2, 0.25) is 0 Å². The number of esters is 1. The molecule has 0 saturated heterocycles. The third-order valence-electron chi connectivity index (χ3n) is 4.31. The zero-order valence-electron chi connectivity index (χ0n) is 17.0. The maximum atomic E-state index is 12.7. The molecular weight excluding hydrogens is 496 g/mol. The molecule has 0 unspecified atom stereocenters. The third kappa shape index (κ3) is 4.77. The van der Waals surface area contributed by atoms with Crippen LogP contribution in [0.1, 0.15) is 32.1 Å². The minimum atomic E-state index is -0.629. The zero-order valence-corrected chi connectivity index (χ0v) is 18.6. The fourth-order valence-corrected chi connectivity index (χ4v) is 3.09. The van der Waals surface area contributed by atoms with Crippen LogP contribution in [0.25, 0.3) is 5.82 Å². The topological polar surface area (TPSA) is 163 Å². The summed E-state index contributed by atoms with van der Waals surface area (Å²) in [6, 6.07) is 13.6. The van der Waals surface area contributed by atoms with E-state index in [2.05, 4.69) is 51.7 Å². The van der Waals surface area contributed by atoms with Crippen molar-refractivity contribution in [1.29, 1.82) is 0 Å². The van der Waals surface area contributed by atoms with Crippen LogP contribution in [0, 0.1) is 6.92 Å². The van der Waals surface area contributed by atoms with Gasteiger partial charge in [0, 0.05) is 10.0 Å². The SMILES string of the molecule is Cc1nnn(-c2nonc2N)c1C(=O)NN=Cc1ccc(Br)cc1OC(=O)c1ccccc1. The average molecular weight is 511 g/mol. The Morgan fingerprint density at radius 2 is 2.00 bits per heavy atom.